The molecule has 2 aromatic carbocycles. The van der Waals surface area contributed by atoms with E-state index in [0.717, 1.165) is 6.07 Å². The third kappa shape index (κ3) is 1.73. The van der Waals surface area contributed by atoms with Gasteiger partial charge in [-0.05, 0) is 17.5 Å². The highest BCUT2D eigenvalue weighted by atomic mass is 16.6. The lowest BCUT2D eigenvalue weighted by molar-refractivity contribution is -0.123. The minimum Gasteiger partial charge on any atom is -0.508 e. The van der Waals surface area contributed by atoms with Crippen molar-refractivity contribution in [3.63, 3.8) is 0 Å². The number of fused-ring (bicyclic) bond motifs is 2. The molecule has 4 N–H and O–H groups in total. The Morgan fingerprint density at radius 1 is 1.20 bits per heavy atom. The highest BCUT2D eigenvalue weighted by molar-refractivity contribution is 6.10. The molecule has 1 heterocycles. The average molecular weight is 276 g/mol. The molecule has 0 aliphatic carbocycles. The van der Waals surface area contributed by atoms with E-state index in [0.29, 0.717) is 5.39 Å². The predicted octanol–water partition coefficient (Wildman–Crippen LogP) is 1.63. The van der Waals surface area contributed by atoms with Crippen LogP contribution in [0.15, 0.2) is 18.2 Å². The molecule has 2 aromatic rings. The number of ketones is 1. The van der Waals surface area contributed by atoms with Gasteiger partial charge >= 0.3 is 0 Å². The summed E-state index contributed by atoms with van der Waals surface area (Å²) in [4.78, 5) is 12.0. The number of aliphatic hydroxyl groups is 1. The molecule has 0 amide bonds. The number of carbonyl (C=O) groups excluding carboxylic acids is 1. The van der Waals surface area contributed by atoms with Crippen molar-refractivity contribution >= 4 is 16.6 Å². The van der Waals surface area contributed by atoms with E-state index in [1.165, 1.54) is 19.1 Å². The topological polar surface area (TPSA) is 107 Å². The van der Waals surface area contributed by atoms with Crippen molar-refractivity contribution in [3.05, 3.63) is 23.8 Å². The van der Waals surface area contributed by atoms with Crippen LogP contribution in [0, 0.1) is 0 Å². The van der Waals surface area contributed by atoms with Gasteiger partial charge in [-0.25, -0.2) is 0 Å². The normalized spacial score (nSPS) is 21.6. The summed E-state index contributed by atoms with van der Waals surface area (Å²) >= 11 is 0. The Morgan fingerprint density at radius 2 is 1.90 bits per heavy atom. The number of benzene rings is 2. The van der Waals surface area contributed by atoms with Gasteiger partial charge in [0.1, 0.15) is 28.6 Å². The fraction of sp³-hybridized carbons (Fsp3) is 0.214. The second kappa shape index (κ2) is 3.77. The van der Waals surface area contributed by atoms with Crippen LogP contribution in [-0.2, 0) is 0 Å². The third-order valence-corrected chi connectivity index (χ3v) is 3.24. The van der Waals surface area contributed by atoms with Gasteiger partial charge in [0.05, 0.1) is 11.8 Å². The van der Waals surface area contributed by atoms with Crippen molar-refractivity contribution in [1.82, 2.24) is 0 Å². The Balaban J connectivity index is 2.38. The van der Waals surface area contributed by atoms with E-state index in [2.05, 4.69) is 0 Å². The van der Waals surface area contributed by atoms with Crippen molar-refractivity contribution in [2.24, 2.45) is 0 Å². The molecule has 6 heteroatoms. The lowest BCUT2D eigenvalue weighted by atomic mass is 9.94. The largest absolute Gasteiger partial charge is 0.508 e. The number of carbonyl (C=O) groups is 1. The summed E-state index contributed by atoms with van der Waals surface area (Å²) in [7, 11) is 0. The van der Waals surface area contributed by atoms with Gasteiger partial charge in [0, 0.05) is 13.0 Å². The predicted molar refractivity (Wildman–Crippen MR) is 69.1 cm³/mol. The van der Waals surface area contributed by atoms with Gasteiger partial charge in [0.15, 0.2) is 5.78 Å². The first-order valence-electron chi connectivity index (χ1n) is 5.95. The van der Waals surface area contributed by atoms with Crippen molar-refractivity contribution in [3.8, 4) is 23.0 Å². The molecule has 1 aliphatic heterocycles. The van der Waals surface area contributed by atoms with Crippen LogP contribution in [0.25, 0.3) is 10.8 Å². The summed E-state index contributed by atoms with van der Waals surface area (Å²) in [6.07, 6.45) is -0.294. The molecule has 1 aliphatic rings. The molecule has 0 radical (unpaired) electrons. The second-order valence-electron chi connectivity index (χ2n) is 5.04. The molecule has 0 saturated carbocycles. The number of hydrogen-bond donors (Lipinski definition) is 4. The Bertz CT molecular complexity index is 747. The monoisotopic (exact) mass is 276 g/mol. The molecule has 0 bridgehead atoms. The summed E-state index contributed by atoms with van der Waals surface area (Å²) in [5, 5.41) is 39.6. The van der Waals surface area contributed by atoms with Crippen LogP contribution >= 0.6 is 0 Å². The zero-order valence-electron chi connectivity index (χ0n) is 10.5. The fourth-order valence-corrected chi connectivity index (χ4v) is 2.47. The van der Waals surface area contributed by atoms with Crippen molar-refractivity contribution in [2.45, 2.75) is 19.1 Å². The van der Waals surface area contributed by atoms with Gasteiger partial charge in [-0.3, -0.25) is 4.79 Å². The van der Waals surface area contributed by atoms with Crippen LogP contribution in [0.5, 0.6) is 23.0 Å². The maximum absolute atomic E-state index is 12.0. The summed E-state index contributed by atoms with van der Waals surface area (Å²) in [6.45, 7) is 1.34. The van der Waals surface area contributed by atoms with Gasteiger partial charge in [-0.2, -0.15) is 0 Å². The van der Waals surface area contributed by atoms with E-state index in [4.69, 9.17) is 4.74 Å². The quantitative estimate of drug-likeness (QED) is 0.582. The summed E-state index contributed by atoms with van der Waals surface area (Å²) in [6, 6.07) is 3.76. The number of Topliss-reactive ketones (excluding diaryl/α,β-unsaturated/α-hetero) is 1. The SMILES string of the molecule is C[C@]1(O)CC(=O)c2c(cc3cc(O)cc(O)c3c2O)O1. The van der Waals surface area contributed by atoms with Crippen molar-refractivity contribution < 1.29 is 30.0 Å². The van der Waals surface area contributed by atoms with Gasteiger partial charge in [-0.1, -0.05) is 0 Å². The standard InChI is InChI=1S/C14H12O6/c1-14(19)5-9(17)12-10(20-14)3-6-2-7(15)4-8(16)11(6)13(12)18/h2-4,15-16,18-19H,5H2,1H3/t14-/m1/s1. The van der Waals surface area contributed by atoms with Crippen LogP contribution in [-0.4, -0.2) is 32.0 Å². The van der Waals surface area contributed by atoms with Crippen LogP contribution in [0.2, 0.25) is 0 Å². The molecular weight excluding hydrogens is 264 g/mol. The molecular formula is C14H12O6. The molecule has 0 spiro atoms. The minimum absolute atomic E-state index is 0.0150. The van der Waals surface area contributed by atoms with E-state index in [1.54, 1.807) is 0 Å². The van der Waals surface area contributed by atoms with Crippen molar-refractivity contribution in [1.29, 1.82) is 0 Å². The average Bonchev–Trinajstić information content (AvgIpc) is 2.24. The number of phenols is 3. The van der Waals surface area contributed by atoms with Gasteiger partial charge < -0.3 is 25.2 Å². The number of hydrogen-bond acceptors (Lipinski definition) is 6. The van der Waals surface area contributed by atoms with E-state index in [9.17, 15) is 25.2 Å². The maximum Gasteiger partial charge on any atom is 0.212 e. The number of ether oxygens (including phenoxy) is 1. The van der Waals surface area contributed by atoms with Crippen LogP contribution in [0.4, 0.5) is 0 Å². The van der Waals surface area contributed by atoms with E-state index >= 15 is 0 Å². The summed E-state index contributed by atoms with van der Waals surface area (Å²) in [5.41, 5.74) is -0.0787. The molecule has 3 rings (SSSR count). The third-order valence-electron chi connectivity index (χ3n) is 3.24. The maximum atomic E-state index is 12.0. The Labute approximate surface area is 113 Å². The number of aromatic hydroxyl groups is 3. The van der Waals surface area contributed by atoms with Crippen LogP contribution < -0.4 is 4.74 Å². The van der Waals surface area contributed by atoms with Gasteiger partial charge in [-0.15, -0.1) is 0 Å². The molecule has 0 fully saturated rings. The Morgan fingerprint density at radius 3 is 2.60 bits per heavy atom. The van der Waals surface area contributed by atoms with E-state index in [1.807, 2.05) is 0 Å². The van der Waals surface area contributed by atoms with Gasteiger partial charge in [0.2, 0.25) is 5.79 Å². The molecule has 0 aromatic heterocycles. The zero-order chi connectivity index (χ0) is 14.7. The fourth-order valence-electron chi connectivity index (χ4n) is 2.47. The summed E-state index contributed by atoms with van der Waals surface area (Å²) in [5.74, 6) is -3.07. The molecule has 20 heavy (non-hydrogen) atoms. The first-order valence-corrected chi connectivity index (χ1v) is 5.95. The molecule has 1 atom stereocenters. The highest BCUT2D eigenvalue weighted by Crippen LogP contribution is 2.45. The van der Waals surface area contributed by atoms with Crippen LogP contribution in [0.1, 0.15) is 23.7 Å². The minimum atomic E-state index is -1.65. The van der Waals surface area contributed by atoms with Gasteiger partial charge in [0.25, 0.3) is 0 Å². The molecule has 0 unspecified atom stereocenters. The smallest absolute Gasteiger partial charge is 0.212 e. The molecule has 104 valence electrons. The lowest BCUT2D eigenvalue weighted by Crippen LogP contribution is -2.38. The number of rotatable bonds is 0. The lowest BCUT2D eigenvalue weighted by Gasteiger charge is -2.30. The first-order chi connectivity index (χ1) is 9.28. The molecule has 0 saturated heterocycles. The Kier molecular flexibility index (Phi) is 2.37. The number of phenolic OH excluding ortho intramolecular Hbond substituents is 3. The highest BCUT2D eigenvalue weighted by Gasteiger charge is 2.37. The van der Waals surface area contributed by atoms with Crippen molar-refractivity contribution in [2.75, 3.05) is 0 Å². The zero-order valence-corrected chi connectivity index (χ0v) is 10.5. The van der Waals surface area contributed by atoms with E-state index in [-0.39, 0.29) is 34.6 Å². The Hall–Kier alpha value is -2.47. The first kappa shape index (κ1) is 12.6. The summed E-state index contributed by atoms with van der Waals surface area (Å²) < 4.78 is 5.27. The second-order valence-corrected chi connectivity index (χ2v) is 5.04. The van der Waals surface area contributed by atoms with Crippen LogP contribution in [0.3, 0.4) is 0 Å². The van der Waals surface area contributed by atoms with E-state index < -0.39 is 17.3 Å². The molecule has 6 nitrogen and oxygen atoms in total.